The molecule has 0 bridgehead atoms. The summed E-state index contributed by atoms with van der Waals surface area (Å²) in [4.78, 5) is 10.2. The summed E-state index contributed by atoms with van der Waals surface area (Å²) >= 11 is 0. The number of nitrogens with zero attached hydrogens (tertiary/aromatic N) is 2. The summed E-state index contributed by atoms with van der Waals surface area (Å²) in [6, 6.07) is 3.91. The Morgan fingerprint density at radius 3 is 2.57 bits per heavy atom. The van der Waals surface area contributed by atoms with Gasteiger partial charge in [0, 0.05) is 25.2 Å². The first-order chi connectivity index (χ1) is 9.71. The van der Waals surface area contributed by atoms with Crippen molar-refractivity contribution in [1.29, 1.82) is 0 Å². The molecular weight excluding hydrogens is 296 g/mol. The van der Waals surface area contributed by atoms with E-state index in [0.29, 0.717) is 24.9 Å². The number of hydrogen-bond acceptors (Lipinski definition) is 5. The lowest BCUT2D eigenvalue weighted by Gasteiger charge is -2.34. The molecule has 1 aliphatic carbocycles. The van der Waals surface area contributed by atoms with Crippen molar-refractivity contribution in [2.75, 3.05) is 13.6 Å². The average molecular weight is 314 g/mol. The van der Waals surface area contributed by atoms with E-state index in [1.807, 2.05) is 0 Å². The van der Waals surface area contributed by atoms with E-state index in [0.717, 1.165) is 6.07 Å². The lowest BCUT2D eigenvalue weighted by molar-refractivity contribution is -0.385. The van der Waals surface area contributed by atoms with Crippen molar-refractivity contribution in [3.05, 3.63) is 33.9 Å². The van der Waals surface area contributed by atoms with Crippen LogP contribution in [0.3, 0.4) is 0 Å². The number of hydrogen-bond donors (Lipinski definition) is 1. The molecule has 8 heteroatoms. The highest BCUT2D eigenvalue weighted by Gasteiger charge is 2.32. The fourth-order valence-electron chi connectivity index (χ4n) is 2.44. The molecule has 2 rings (SSSR count). The number of aryl methyl sites for hydroxylation is 1. The molecule has 1 aromatic rings. The van der Waals surface area contributed by atoms with Gasteiger partial charge in [0.15, 0.2) is 0 Å². The van der Waals surface area contributed by atoms with Crippen LogP contribution in [-0.4, -0.2) is 42.4 Å². The molecule has 1 aliphatic rings. The van der Waals surface area contributed by atoms with Crippen molar-refractivity contribution < 1.29 is 18.4 Å². The summed E-state index contributed by atoms with van der Waals surface area (Å²) in [6.45, 7) is 1.87. The first kappa shape index (κ1) is 15.9. The van der Waals surface area contributed by atoms with Crippen LogP contribution >= 0.6 is 0 Å². The van der Waals surface area contributed by atoms with Crippen molar-refractivity contribution in [2.24, 2.45) is 5.92 Å². The van der Waals surface area contributed by atoms with Gasteiger partial charge >= 0.3 is 0 Å². The maximum atomic E-state index is 12.4. The van der Waals surface area contributed by atoms with Crippen molar-refractivity contribution in [2.45, 2.75) is 30.8 Å². The molecule has 116 valence electrons. The van der Waals surface area contributed by atoms with Crippen LogP contribution in [-0.2, 0) is 10.0 Å². The zero-order chi connectivity index (χ0) is 15.8. The lowest BCUT2D eigenvalue weighted by Crippen LogP contribution is -2.39. The topological polar surface area (TPSA) is 101 Å². The smallest absolute Gasteiger partial charge is 0.273 e. The number of benzene rings is 1. The van der Waals surface area contributed by atoms with Gasteiger partial charge in [-0.25, -0.2) is 12.7 Å². The summed E-state index contributed by atoms with van der Waals surface area (Å²) in [5, 5.41) is 20.1. The van der Waals surface area contributed by atoms with E-state index in [-0.39, 0.29) is 22.6 Å². The first-order valence-corrected chi connectivity index (χ1v) is 8.05. The van der Waals surface area contributed by atoms with Gasteiger partial charge in [-0.1, -0.05) is 6.07 Å². The van der Waals surface area contributed by atoms with Crippen LogP contribution in [0, 0.1) is 23.0 Å². The minimum absolute atomic E-state index is 0.0813. The Morgan fingerprint density at radius 1 is 1.43 bits per heavy atom. The quantitative estimate of drug-likeness (QED) is 0.652. The fourth-order valence-corrected chi connectivity index (χ4v) is 3.71. The predicted molar refractivity (Wildman–Crippen MR) is 76.4 cm³/mol. The zero-order valence-corrected chi connectivity index (χ0v) is 12.7. The van der Waals surface area contributed by atoms with E-state index < -0.39 is 14.9 Å². The Kier molecular flexibility index (Phi) is 4.31. The Labute approximate surface area is 123 Å². The molecule has 21 heavy (non-hydrogen) atoms. The number of aliphatic hydroxyl groups excluding tert-OH is 1. The molecule has 0 aliphatic heterocycles. The van der Waals surface area contributed by atoms with Crippen LogP contribution < -0.4 is 0 Å². The molecule has 7 nitrogen and oxygen atoms in total. The van der Waals surface area contributed by atoms with Crippen LogP contribution in [0.1, 0.15) is 18.4 Å². The van der Waals surface area contributed by atoms with Gasteiger partial charge in [-0.2, -0.15) is 0 Å². The summed E-state index contributed by atoms with van der Waals surface area (Å²) in [5.74, 6) is 0.139. The molecule has 0 saturated heterocycles. The van der Waals surface area contributed by atoms with Crippen LogP contribution in [0.5, 0.6) is 0 Å². The van der Waals surface area contributed by atoms with Gasteiger partial charge in [0.1, 0.15) is 0 Å². The third-order valence-electron chi connectivity index (χ3n) is 3.81. The van der Waals surface area contributed by atoms with Crippen molar-refractivity contribution >= 4 is 15.7 Å². The number of rotatable bonds is 5. The second kappa shape index (κ2) is 5.70. The largest absolute Gasteiger partial charge is 0.393 e. The minimum atomic E-state index is -3.75. The third kappa shape index (κ3) is 3.22. The molecule has 1 saturated carbocycles. The summed E-state index contributed by atoms with van der Waals surface area (Å²) in [6.07, 6.45) is 0.841. The second-order valence-corrected chi connectivity index (χ2v) is 7.53. The molecule has 1 N–H and O–H groups in total. The van der Waals surface area contributed by atoms with Gasteiger partial charge < -0.3 is 5.11 Å². The van der Waals surface area contributed by atoms with Gasteiger partial charge in [-0.05, 0) is 31.7 Å². The van der Waals surface area contributed by atoms with E-state index in [1.165, 1.54) is 23.5 Å². The van der Waals surface area contributed by atoms with Crippen LogP contribution in [0.15, 0.2) is 23.1 Å². The Bertz CT molecular complexity index is 653. The monoisotopic (exact) mass is 314 g/mol. The normalized spacial score (nSPS) is 22.1. The second-order valence-electron chi connectivity index (χ2n) is 5.48. The van der Waals surface area contributed by atoms with Crippen LogP contribution in [0.2, 0.25) is 0 Å². The minimum Gasteiger partial charge on any atom is -0.393 e. The van der Waals surface area contributed by atoms with Crippen molar-refractivity contribution in [3.8, 4) is 0 Å². The number of aliphatic hydroxyl groups is 1. The van der Waals surface area contributed by atoms with E-state index in [9.17, 15) is 23.6 Å². The SMILES string of the molecule is Cc1ccc(S(=O)(=O)N(C)CC2CC(O)C2)cc1[N+](=O)[O-]. The highest BCUT2D eigenvalue weighted by molar-refractivity contribution is 7.89. The van der Waals surface area contributed by atoms with E-state index in [2.05, 4.69) is 0 Å². The van der Waals surface area contributed by atoms with Gasteiger partial charge in [-0.3, -0.25) is 10.1 Å². The number of nitro groups is 1. The predicted octanol–water partition coefficient (Wildman–Crippen LogP) is 1.29. The number of nitro benzene ring substituents is 1. The first-order valence-electron chi connectivity index (χ1n) is 6.61. The van der Waals surface area contributed by atoms with E-state index in [1.54, 1.807) is 6.92 Å². The molecule has 1 aromatic carbocycles. The molecular formula is C13H18N2O5S. The summed E-state index contributed by atoms with van der Waals surface area (Å²) in [5.41, 5.74) is 0.215. The molecule has 1 fully saturated rings. The van der Waals surface area contributed by atoms with Gasteiger partial charge in [-0.15, -0.1) is 0 Å². The molecule has 0 atom stereocenters. The molecule has 0 radical (unpaired) electrons. The fraction of sp³-hybridized carbons (Fsp3) is 0.538. The number of sulfonamides is 1. The zero-order valence-electron chi connectivity index (χ0n) is 11.9. The highest BCUT2D eigenvalue weighted by atomic mass is 32.2. The molecule has 0 spiro atoms. The van der Waals surface area contributed by atoms with Crippen molar-refractivity contribution in [1.82, 2.24) is 4.31 Å². The van der Waals surface area contributed by atoms with Crippen LogP contribution in [0.25, 0.3) is 0 Å². The standard InChI is InChI=1S/C13H18N2O5S/c1-9-3-4-12(7-13(9)15(17)18)21(19,20)14(2)8-10-5-11(16)6-10/h3-4,7,10-11,16H,5-6,8H2,1-2H3. The van der Waals surface area contributed by atoms with E-state index in [4.69, 9.17) is 0 Å². The van der Waals surface area contributed by atoms with Crippen molar-refractivity contribution in [3.63, 3.8) is 0 Å². The molecule has 0 unspecified atom stereocenters. The summed E-state index contributed by atoms with van der Waals surface area (Å²) in [7, 11) is -2.30. The van der Waals surface area contributed by atoms with Gasteiger partial charge in [0.05, 0.1) is 15.9 Å². The Hall–Kier alpha value is -1.51. The maximum Gasteiger partial charge on any atom is 0.273 e. The lowest BCUT2D eigenvalue weighted by atomic mass is 9.82. The van der Waals surface area contributed by atoms with Gasteiger partial charge in [0.2, 0.25) is 10.0 Å². The summed E-state index contributed by atoms with van der Waals surface area (Å²) < 4.78 is 26.0. The Morgan fingerprint density at radius 2 is 2.05 bits per heavy atom. The average Bonchev–Trinajstić information content (AvgIpc) is 2.36. The molecule has 0 amide bonds. The van der Waals surface area contributed by atoms with Crippen LogP contribution in [0.4, 0.5) is 5.69 Å². The Balaban J connectivity index is 2.22. The molecule has 0 aromatic heterocycles. The maximum absolute atomic E-state index is 12.4. The van der Waals surface area contributed by atoms with E-state index >= 15 is 0 Å². The van der Waals surface area contributed by atoms with Gasteiger partial charge in [0.25, 0.3) is 5.69 Å². The third-order valence-corrected chi connectivity index (χ3v) is 5.63. The molecule has 0 heterocycles. The highest BCUT2D eigenvalue weighted by Crippen LogP contribution is 2.30.